The molecule has 12 heteroatoms. The highest BCUT2D eigenvalue weighted by Gasteiger charge is 2.67. The predicted octanol–water partition coefficient (Wildman–Crippen LogP) is 6.28. The zero-order chi connectivity index (χ0) is 37.4. The van der Waals surface area contributed by atoms with Crippen molar-refractivity contribution in [2.45, 2.75) is 50.1 Å². The van der Waals surface area contributed by atoms with E-state index in [1.165, 1.54) is 9.80 Å². The Hall–Kier alpha value is -6.11. The van der Waals surface area contributed by atoms with Gasteiger partial charge in [-0.15, -0.1) is 14.1 Å². The van der Waals surface area contributed by atoms with Gasteiger partial charge in [-0.3, -0.25) is 9.80 Å². The van der Waals surface area contributed by atoms with Gasteiger partial charge in [0, 0.05) is 81.6 Å². The lowest BCUT2D eigenvalue weighted by atomic mass is 9.85. The molecule has 2 fully saturated rings. The molecule has 272 valence electrons. The summed E-state index contributed by atoms with van der Waals surface area (Å²) in [6, 6.07) is 18.4. The summed E-state index contributed by atoms with van der Waals surface area (Å²) in [5.41, 5.74) is 3.61. The minimum absolute atomic E-state index is 0.183. The van der Waals surface area contributed by atoms with Gasteiger partial charge in [-0.25, -0.2) is 23.9 Å². The fourth-order valence-electron chi connectivity index (χ4n) is 9.83. The SMILES string of the molecule is Cn1nc([N+]2(C(=O)[C@@]3(Cc4ccccc4)CCCN3C(=O)O)C3=CC=C2C=C3)c(Cc2ccccc2)c1[N+]1(C(=O)[C@@H]2CCCN2C(=O)O)C2=CC=C1C=C2. The fourth-order valence-corrected chi connectivity index (χ4v) is 9.83. The van der Waals surface area contributed by atoms with Crippen molar-refractivity contribution in [3.63, 3.8) is 0 Å². The van der Waals surface area contributed by atoms with E-state index in [1.807, 2.05) is 109 Å². The number of aromatic nitrogens is 2. The van der Waals surface area contributed by atoms with Crippen LogP contribution in [0.4, 0.5) is 21.2 Å². The molecule has 7 heterocycles. The Morgan fingerprint density at radius 1 is 0.759 bits per heavy atom. The summed E-state index contributed by atoms with van der Waals surface area (Å²) in [6.45, 7) is 0.477. The smallest absolute Gasteiger partial charge is 0.408 e. The van der Waals surface area contributed by atoms with Crippen LogP contribution in [0.3, 0.4) is 0 Å². The summed E-state index contributed by atoms with van der Waals surface area (Å²) in [4.78, 5) is 59.5. The van der Waals surface area contributed by atoms with Crippen LogP contribution >= 0.6 is 0 Å². The number of carbonyl (C=O) groups excluding carboxylic acids is 2. The van der Waals surface area contributed by atoms with E-state index < -0.39 is 28.3 Å². The van der Waals surface area contributed by atoms with Crippen molar-refractivity contribution in [2.24, 2.45) is 7.05 Å². The van der Waals surface area contributed by atoms with Crippen LogP contribution in [0.15, 0.2) is 132 Å². The van der Waals surface area contributed by atoms with Crippen molar-refractivity contribution in [3.05, 3.63) is 149 Å². The van der Waals surface area contributed by atoms with Crippen molar-refractivity contribution < 1.29 is 29.4 Å². The molecule has 2 N–H and O–H groups in total. The molecule has 3 aromatic rings. The number of hydrogen-bond acceptors (Lipinski definition) is 5. The number of hydrogen-bond donors (Lipinski definition) is 2. The van der Waals surface area contributed by atoms with Gasteiger partial charge in [-0.2, -0.15) is 0 Å². The molecule has 54 heavy (non-hydrogen) atoms. The Bertz CT molecular complexity index is 2290. The third-order valence-corrected chi connectivity index (χ3v) is 12.1. The van der Waals surface area contributed by atoms with E-state index in [0.717, 1.165) is 11.1 Å². The molecule has 9 rings (SSSR count). The summed E-state index contributed by atoms with van der Waals surface area (Å²) < 4.78 is 0.887. The van der Waals surface area contributed by atoms with Crippen LogP contribution in [-0.4, -0.2) is 78.5 Å². The Balaban J connectivity index is 1.30. The maximum absolute atomic E-state index is 16.1. The highest BCUT2D eigenvalue weighted by atomic mass is 16.4. The number of likely N-dealkylation sites (tertiary alicyclic amines) is 2. The van der Waals surface area contributed by atoms with Crippen molar-refractivity contribution >= 4 is 35.6 Å². The van der Waals surface area contributed by atoms with Crippen LogP contribution in [0.25, 0.3) is 0 Å². The number of fused-ring (bicyclic) bond motifs is 4. The Kier molecular flexibility index (Phi) is 7.63. The normalized spacial score (nSPS) is 23.8. The molecule has 4 amide bonds. The second-order valence-electron chi connectivity index (χ2n) is 14.8. The van der Waals surface area contributed by atoms with Gasteiger partial charge in [0.05, 0.1) is 0 Å². The summed E-state index contributed by atoms with van der Waals surface area (Å²) in [5, 5.41) is 26.1. The van der Waals surface area contributed by atoms with Crippen LogP contribution in [0.1, 0.15) is 42.4 Å². The lowest BCUT2D eigenvalue weighted by molar-refractivity contribution is -0.137. The first kappa shape index (κ1) is 33.7. The molecule has 0 saturated carbocycles. The van der Waals surface area contributed by atoms with E-state index in [9.17, 15) is 19.8 Å². The number of carboxylic acid groups (broad SMARTS) is 2. The van der Waals surface area contributed by atoms with Crippen LogP contribution in [0, 0.1) is 0 Å². The molecule has 0 spiro atoms. The first-order valence-electron chi connectivity index (χ1n) is 18.4. The van der Waals surface area contributed by atoms with Gasteiger partial charge in [0.1, 0.15) is 5.56 Å². The average Bonchev–Trinajstić information content (AvgIpc) is 4.05. The van der Waals surface area contributed by atoms with Crippen molar-refractivity contribution in [1.82, 2.24) is 28.5 Å². The number of nitrogens with zero attached hydrogens (tertiary/aromatic N) is 6. The maximum Gasteiger partial charge on any atom is 0.408 e. The predicted molar refractivity (Wildman–Crippen MR) is 201 cm³/mol. The summed E-state index contributed by atoms with van der Waals surface area (Å²) in [5.74, 6) is 0.292. The average molecular weight is 725 g/mol. The standard InChI is InChI=1S/C42H38N6O6/c1-44-37(48(32-19-20-33(48)22-21-32)38(49)35-14-8-24-45(35)40(51)52)34(26-28-10-4-2-5-11-28)36(43-44)47(30-15-16-31(47)18-17-30)39(50)42(23-9-25-46(42)41(53)54)27-29-12-6-3-7-13-29/h2-7,10-13,15-22,35H,8-9,14,23-27H2,1H3/p+2/t35-,42-/m0/s1. The van der Waals surface area contributed by atoms with E-state index >= 15 is 9.59 Å². The number of aryl methyl sites for hydroxylation is 1. The van der Waals surface area contributed by atoms with E-state index in [4.69, 9.17) is 5.10 Å². The zero-order valence-corrected chi connectivity index (χ0v) is 29.8. The third-order valence-electron chi connectivity index (χ3n) is 12.1. The quantitative estimate of drug-likeness (QED) is 0.262. The van der Waals surface area contributed by atoms with E-state index in [1.54, 1.807) is 11.7 Å². The molecule has 2 aromatic carbocycles. The molecule has 2 saturated heterocycles. The molecule has 4 bridgehead atoms. The molecular formula is C42H40N6O6+2. The molecule has 0 aliphatic carbocycles. The molecule has 2 atom stereocenters. The lowest BCUT2D eigenvalue weighted by Crippen LogP contribution is -2.65. The number of carbonyl (C=O) groups is 4. The van der Waals surface area contributed by atoms with Gasteiger partial charge >= 0.3 is 24.0 Å². The van der Waals surface area contributed by atoms with Crippen molar-refractivity contribution in [1.29, 1.82) is 0 Å². The van der Waals surface area contributed by atoms with Crippen LogP contribution in [0.2, 0.25) is 0 Å². The van der Waals surface area contributed by atoms with Gasteiger partial charge in [-0.1, -0.05) is 60.7 Å². The van der Waals surface area contributed by atoms with Gasteiger partial charge in [0.2, 0.25) is 0 Å². The molecule has 6 aliphatic rings. The highest BCUT2D eigenvalue weighted by Crippen LogP contribution is 2.55. The van der Waals surface area contributed by atoms with E-state index in [-0.39, 0.29) is 35.8 Å². The van der Waals surface area contributed by atoms with Crippen LogP contribution in [0.5, 0.6) is 0 Å². The summed E-state index contributed by atoms with van der Waals surface area (Å²) in [6.07, 6.45) is 15.2. The zero-order valence-electron chi connectivity index (χ0n) is 29.8. The van der Waals surface area contributed by atoms with Crippen molar-refractivity contribution in [2.75, 3.05) is 13.1 Å². The monoisotopic (exact) mass is 724 g/mol. The largest absolute Gasteiger partial charge is 0.465 e. The van der Waals surface area contributed by atoms with Gasteiger partial charge in [0.25, 0.3) is 11.6 Å². The van der Waals surface area contributed by atoms with Gasteiger partial charge in [0.15, 0.2) is 34.4 Å². The Morgan fingerprint density at radius 3 is 1.89 bits per heavy atom. The molecule has 6 aliphatic heterocycles. The molecule has 0 unspecified atom stereocenters. The first-order valence-corrected chi connectivity index (χ1v) is 18.4. The molecule has 12 nitrogen and oxygen atoms in total. The second kappa shape index (κ2) is 12.2. The van der Waals surface area contributed by atoms with Gasteiger partial charge < -0.3 is 10.2 Å². The number of benzene rings is 2. The maximum atomic E-state index is 16.1. The van der Waals surface area contributed by atoms with Crippen molar-refractivity contribution in [3.8, 4) is 0 Å². The molecule has 1 aromatic heterocycles. The van der Waals surface area contributed by atoms with E-state index in [2.05, 4.69) is 0 Å². The summed E-state index contributed by atoms with van der Waals surface area (Å²) in [7, 11) is 1.77. The topological polar surface area (TPSA) is 133 Å². The second-order valence-corrected chi connectivity index (χ2v) is 14.8. The van der Waals surface area contributed by atoms with Crippen LogP contribution in [-0.2, 0) is 29.5 Å². The fraction of sp³-hybridized carbons (Fsp3) is 0.262. The Labute approximate surface area is 312 Å². The van der Waals surface area contributed by atoms with Crippen LogP contribution < -0.4 is 8.97 Å². The molecular weight excluding hydrogens is 684 g/mol. The number of quaternary nitrogens is 2. The minimum Gasteiger partial charge on any atom is -0.465 e. The first-order chi connectivity index (χ1) is 26.1. The lowest BCUT2D eigenvalue weighted by Gasteiger charge is -2.41. The number of rotatable bonds is 8. The summed E-state index contributed by atoms with van der Waals surface area (Å²) >= 11 is 0. The third kappa shape index (κ3) is 4.47. The number of allylic oxidation sites excluding steroid dienone is 8. The Morgan fingerprint density at radius 2 is 1.33 bits per heavy atom. The van der Waals surface area contributed by atoms with E-state index in [0.29, 0.717) is 72.1 Å². The van der Waals surface area contributed by atoms with Gasteiger partial charge in [-0.05, 0) is 36.8 Å². The highest BCUT2D eigenvalue weighted by molar-refractivity contribution is 6.07. The number of amides is 4. The molecule has 0 radical (unpaired) electrons. The minimum atomic E-state index is -1.43.